The summed E-state index contributed by atoms with van der Waals surface area (Å²) in [6, 6.07) is 15.4. The molecular formula is C34H51N3O2. The number of para-hydroxylation sites is 2. The summed E-state index contributed by atoms with van der Waals surface area (Å²) in [6.45, 7) is 3.64. The molecule has 0 bridgehead atoms. The molecule has 2 aromatic carbocycles. The molecule has 3 rings (SSSR count). The van der Waals surface area contributed by atoms with E-state index >= 15 is 0 Å². The van der Waals surface area contributed by atoms with Crippen molar-refractivity contribution in [2.75, 3.05) is 7.11 Å². The molecule has 0 saturated heterocycles. The Morgan fingerprint density at radius 2 is 1.28 bits per heavy atom. The number of hydrogen-bond donors (Lipinski definition) is 1. The zero-order valence-corrected chi connectivity index (χ0v) is 24.6. The summed E-state index contributed by atoms with van der Waals surface area (Å²) in [4.78, 5) is 17.5. The van der Waals surface area contributed by atoms with E-state index in [1.54, 1.807) is 31.4 Å². The Hall–Kier alpha value is -2.82. The number of aryl methyl sites for hydroxylation is 1. The highest BCUT2D eigenvalue weighted by molar-refractivity contribution is 5.94. The molecule has 5 heteroatoms. The number of benzene rings is 2. The molecule has 0 aliphatic rings. The van der Waals surface area contributed by atoms with E-state index in [2.05, 4.69) is 28.9 Å². The highest BCUT2D eigenvalue weighted by Crippen LogP contribution is 2.19. The predicted octanol–water partition coefficient (Wildman–Crippen LogP) is 9.24. The molecule has 0 aliphatic carbocycles. The SMILES string of the molecule is CCCCCCCCCCCCCCCCCCn1c(CNC(=O)c2ccc(OC)cc2)nc2ccccc21. The lowest BCUT2D eigenvalue weighted by molar-refractivity contribution is 0.0949. The first-order chi connectivity index (χ1) is 19.2. The molecule has 3 aromatic rings. The van der Waals surface area contributed by atoms with Gasteiger partial charge in [-0.1, -0.05) is 115 Å². The van der Waals surface area contributed by atoms with Crippen LogP contribution in [0, 0.1) is 0 Å². The van der Waals surface area contributed by atoms with Crippen molar-refractivity contribution in [2.45, 2.75) is 123 Å². The van der Waals surface area contributed by atoms with Gasteiger partial charge in [0, 0.05) is 12.1 Å². The Morgan fingerprint density at radius 1 is 0.744 bits per heavy atom. The molecule has 0 radical (unpaired) electrons. The highest BCUT2D eigenvalue weighted by atomic mass is 16.5. The van der Waals surface area contributed by atoms with Gasteiger partial charge in [0.05, 0.1) is 24.7 Å². The minimum atomic E-state index is -0.0985. The van der Waals surface area contributed by atoms with Crippen molar-refractivity contribution in [3.8, 4) is 5.75 Å². The minimum Gasteiger partial charge on any atom is -0.497 e. The van der Waals surface area contributed by atoms with Crippen molar-refractivity contribution in [1.82, 2.24) is 14.9 Å². The van der Waals surface area contributed by atoms with Crippen LogP contribution >= 0.6 is 0 Å². The number of nitrogens with zero attached hydrogens (tertiary/aromatic N) is 2. The van der Waals surface area contributed by atoms with Crippen LogP contribution in [-0.2, 0) is 13.1 Å². The van der Waals surface area contributed by atoms with Crippen LogP contribution in [0.1, 0.15) is 126 Å². The normalized spacial score (nSPS) is 11.2. The number of imidazole rings is 1. The fraction of sp³-hybridized carbons (Fsp3) is 0.588. The maximum atomic E-state index is 12.7. The fourth-order valence-corrected chi connectivity index (χ4v) is 5.33. The van der Waals surface area contributed by atoms with Crippen LogP contribution in [0.5, 0.6) is 5.75 Å². The third-order valence-electron chi connectivity index (χ3n) is 7.73. The number of carbonyl (C=O) groups is 1. The Morgan fingerprint density at radius 3 is 1.85 bits per heavy atom. The van der Waals surface area contributed by atoms with Gasteiger partial charge in [-0.05, 0) is 42.8 Å². The average molecular weight is 534 g/mol. The van der Waals surface area contributed by atoms with E-state index in [1.807, 2.05) is 12.1 Å². The molecule has 214 valence electrons. The van der Waals surface area contributed by atoms with Crippen molar-refractivity contribution < 1.29 is 9.53 Å². The first-order valence-corrected chi connectivity index (χ1v) is 15.6. The number of methoxy groups -OCH3 is 1. The second kappa shape index (κ2) is 18.5. The van der Waals surface area contributed by atoms with Crippen molar-refractivity contribution in [1.29, 1.82) is 0 Å². The van der Waals surface area contributed by atoms with Gasteiger partial charge in [0.2, 0.25) is 0 Å². The van der Waals surface area contributed by atoms with Crippen LogP contribution < -0.4 is 10.1 Å². The van der Waals surface area contributed by atoms with E-state index < -0.39 is 0 Å². The van der Waals surface area contributed by atoms with E-state index in [4.69, 9.17) is 9.72 Å². The summed E-state index contributed by atoms with van der Waals surface area (Å²) >= 11 is 0. The molecule has 0 atom stereocenters. The molecule has 0 unspecified atom stereocenters. The summed E-state index contributed by atoms with van der Waals surface area (Å²) in [6.07, 6.45) is 22.0. The molecule has 0 aliphatic heterocycles. The lowest BCUT2D eigenvalue weighted by Gasteiger charge is -2.11. The van der Waals surface area contributed by atoms with E-state index in [-0.39, 0.29) is 5.91 Å². The van der Waals surface area contributed by atoms with E-state index in [1.165, 1.54) is 96.3 Å². The lowest BCUT2D eigenvalue weighted by Crippen LogP contribution is -2.24. The molecule has 39 heavy (non-hydrogen) atoms. The minimum absolute atomic E-state index is 0.0985. The van der Waals surface area contributed by atoms with Gasteiger partial charge in [0.15, 0.2) is 0 Å². The van der Waals surface area contributed by atoms with Crippen molar-refractivity contribution >= 4 is 16.9 Å². The van der Waals surface area contributed by atoms with Gasteiger partial charge in [-0.2, -0.15) is 0 Å². The second-order valence-corrected chi connectivity index (χ2v) is 10.9. The topological polar surface area (TPSA) is 56.2 Å². The van der Waals surface area contributed by atoms with E-state index in [0.29, 0.717) is 12.1 Å². The standard InChI is InChI=1S/C34H51N3O2/c1-3-4-5-6-7-8-9-10-11-12-13-14-15-16-17-20-27-37-32-22-19-18-21-31(32)36-33(37)28-35-34(38)29-23-25-30(39-2)26-24-29/h18-19,21-26H,3-17,20,27-28H2,1-2H3,(H,35,38). The number of hydrogen-bond acceptors (Lipinski definition) is 3. The number of rotatable bonds is 21. The number of carbonyl (C=O) groups excluding carboxylic acids is 1. The fourth-order valence-electron chi connectivity index (χ4n) is 5.33. The van der Waals surface area contributed by atoms with Crippen LogP contribution in [0.15, 0.2) is 48.5 Å². The Labute approximate surface area is 236 Å². The van der Waals surface area contributed by atoms with Gasteiger partial charge in [0.1, 0.15) is 11.6 Å². The third-order valence-corrected chi connectivity index (χ3v) is 7.73. The van der Waals surface area contributed by atoms with Crippen LogP contribution in [-0.4, -0.2) is 22.6 Å². The van der Waals surface area contributed by atoms with Crippen LogP contribution in [0.3, 0.4) is 0 Å². The second-order valence-electron chi connectivity index (χ2n) is 10.9. The van der Waals surface area contributed by atoms with Crippen LogP contribution in [0.2, 0.25) is 0 Å². The van der Waals surface area contributed by atoms with Gasteiger partial charge >= 0.3 is 0 Å². The zero-order valence-electron chi connectivity index (χ0n) is 24.6. The van der Waals surface area contributed by atoms with E-state index in [9.17, 15) is 4.79 Å². The number of nitrogens with one attached hydrogen (secondary N) is 1. The number of unbranched alkanes of at least 4 members (excludes halogenated alkanes) is 15. The molecule has 5 nitrogen and oxygen atoms in total. The van der Waals surface area contributed by atoms with Gasteiger partial charge in [-0.25, -0.2) is 4.98 Å². The summed E-state index contributed by atoms with van der Waals surface area (Å²) < 4.78 is 7.47. The molecule has 0 fully saturated rings. The Bertz CT molecular complexity index is 1070. The number of fused-ring (bicyclic) bond motifs is 1. The number of amides is 1. The predicted molar refractivity (Wildman–Crippen MR) is 163 cm³/mol. The van der Waals surface area contributed by atoms with Crippen molar-refractivity contribution in [2.24, 2.45) is 0 Å². The average Bonchev–Trinajstić information content (AvgIpc) is 3.33. The molecule has 1 heterocycles. The monoisotopic (exact) mass is 533 g/mol. The highest BCUT2D eigenvalue weighted by Gasteiger charge is 2.12. The Balaban J connectivity index is 1.31. The van der Waals surface area contributed by atoms with Crippen molar-refractivity contribution in [3.63, 3.8) is 0 Å². The molecule has 1 aromatic heterocycles. The largest absolute Gasteiger partial charge is 0.497 e. The summed E-state index contributed by atoms with van der Waals surface area (Å²) in [5, 5.41) is 3.05. The van der Waals surface area contributed by atoms with Gasteiger partial charge in [-0.15, -0.1) is 0 Å². The zero-order chi connectivity index (χ0) is 27.5. The van der Waals surface area contributed by atoms with Crippen LogP contribution in [0.4, 0.5) is 0 Å². The first-order valence-electron chi connectivity index (χ1n) is 15.6. The first kappa shape index (κ1) is 30.7. The van der Waals surface area contributed by atoms with Gasteiger partial charge in [-0.3, -0.25) is 4.79 Å². The van der Waals surface area contributed by atoms with Crippen LogP contribution in [0.25, 0.3) is 11.0 Å². The summed E-state index contributed by atoms with van der Waals surface area (Å²) in [7, 11) is 1.62. The molecule has 0 saturated carbocycles. The molecular weight excluding hydrogens is 482 g/mol. The van der Waals surface area contributed by atoms with Gasteiger partial charge < -0.3 is 14.6 Å². The number of ether oxygens (including phenoxy) is 1. The summed E-state index contributed by atoms with van der Waals surface area (Å²) in [5.41, 5.74) is 2.76. The number of aromatic nitrogens is 2. The van der Waals surface area contributed by atoms with E-state index in [0.717, 1.165) is 35.6 Å². The molecule has 1 amide bonds. The lowest BCUT2D eigenvalue weighted by atomic mass is 10.0. The van der Waals surface area contributed by atoms with Crippen molar-refractivity contribution in [3.05, 3.63) is 59.9 Å². The smallest absolute Gasteiger partial charge is 0.251 e. The quantitative estimate of drug-likeness (QED) is 0.139. The van der Waals surface area contributed by atoms with Gasteiger partial charge in [0.25, 0.3) is 5.91 Å². The maximum Gasteiger partial charge on any atom is 0.251 e. The maximum absolute atomic E-state index is 12.7. The summed E-state index contributed by atoms with van der Waals surface area (Å²) in [5.74, 6) is 1.56. The third kappa shape index (κ3) is 11.1. The molecule has 0 spiro atoms. The Kier molecular flexibility index (Phi) is 14.5. The molecule has 1 N–H and O–H groups in total.